The van der Waals surface area contributed by atoms with Gasteiger partial charge in [-0.25, -0.2) is 4.79 Å². The lowest BCUT2D eigenvalue weighted by Crippen LogP contribution is -2.44. The molecule has 1 aliphatic rings. The Labute approximate surface area is 172 Å². The fourth-order valence-corrected chi connectivity index (χ4v) is 3.16. The van der Waals surface area contributed by atoms with E-state index in [0.717, 1.165) is 6.54 Å². The van der Waals surface area contributed by atoms with Gasteiger partial charge in [0.2, 0.25) is 5.89 Å². The lowest BCUT2D eigenvalue weighted by Gasteiger charge is -2.26. The number of nitrogens with zero attached hydrogens (tertiary/aromatic N) is 3. The molecule has 29 heavy (non-hydrogen) atoms. The van der Waals surface area contributed by atoms with Crippen molar-refractivity contribution in [3.05, 3.63) is 47.1 Å². The first kappa shape index (κ1) is 21.3. The topological polar surface area (TPSA) is 80.5 Å². The highest BCUT2D eigenvalue weighted by molar-refractivity contribution is 5.68. The number of nitrogens with one attached hydrogen (secondary N) is 1. The minimum atomic E-state index is -0.801. The number of alkyl carbamates (subject to hydrolysis) is 1. The van der Waals surface area contributed by atoms with Crippen LogP contribution in [0.3, 0.4) is 0 Å². The number of aryl methyl sites for hydroxylation is 1. The van der Waals surface area contributed by atoms with Crippen LogP contribution in [0, 0.1) is 6.92 Å². The van der Waals surface area contributed by atoms with Crippen molar-refractivity contribution in [3.8, 4) is 0 Å². The summed E-state index contributed by atoms with van der Waals surface area (Å²) in [6.07, 6.45) is 1.88. The van der Waals surface area contributed by atoms with Crippen molar-refractivity contribution in [1.29, 1.82) is 0 Å². The average Bonchev–Trinajstić information content (AvgIpc) is 3.30. The molecule has 0 aliphatic heterocycles. The number of hydrogen-bond acceptors (Lipinski definition) is 6. The van der Waals surface area contributed by atoms with Gasteiger partial charge in [0.15, 0.2) is 5.82 Å². The molecule has 7 nitrogen and oxygen atoms in total. The number of amides is 1. The molecule has 0 unspecified atom stereocenters. The first-order chi connectivity index (χ1) is 13.5. The van der Waals surface area contributed by atoms with Crippen LogP contribution in [0.4, 0.5) is 4.79 Å². The molecule has 1 heterocycles. The van der Waals surface area contributed by atoms with Crippen molar-refractivity contribution >= 4 is 6.09 Å². The van der Waals surface area contributed by atoms with Gasteiger partial charge in [0.05, 0.1) is 6.54 Å². The summed E-state index contributed by atoms with van der Waals surface area (Å²) < 4.78 is 10.8. The lowest BCUT2D eigenvalue weighted by molar-refractivity contribution is 0.0465. The largest absolute Gasteiger partial charge is 0.444 e. The van der Waals surface area contributed by atoms with Crippen molar-refractivity contribution in [1.82, 2.24) is 20.4 Å². The van der Waals surface area contributed by atoms with E-state index < -0.39 is 17.2 Å². The Hall–Kier alpha value is -2.41. The van der Waals surface area contributed by atoms with Crippen LogP contribution < -0.4 is 5.32 Å². The van der Waals surface area contributed by atoms with E-state index in [2.05, 4.69) is 51.5 Å². The zero-order valence-corrected chi connectivity index (χ0v) is 18.3. The monoisotopic (exact) mass is 400 g/mol. The second-order valence-electron chi connectivity index (χ2n) is 9.39. The van der Waals surface area contributed by atoms with Crippen LogP contribution in [0.1, 0.15) is 70.3 Å². The maximum absolute atomic E-state index is 12.1. The molecular weight excluding hydrogens is 368 g/mol. The molecule has 3 rings (SSSR count). The normalized spacial score (nSPS) is 14.9. The van der Waals surface area contributed by atoms with E-state index in [-0.39, 0.29) is 0 Å². The highest BCUT2D eigenvalue weighted by atomic mass is 16.6. The van der Waals surface area contributed by atoms with Gasteiger partial charge in [-0.1, -0.05) is 35.0 Å². The summed E-state index contributed by atoms with van der Waals surface area (Å²) in [5.41, 5.74) is 1.17. The molecule has 158 valence electrons. The van der Waals surface area contributed by atoms with Crippen LogP contribution in [0.15, 0.2) is 28.8 Å². The van der Waals surface area contributed by atoms with Gasteiger partial charge >= 0.3 is 6.09 Å². The molecular formula is C22H32N4O3. The molecule has 7 heteroatoms. The van der Waals surface area contributed by atoms with Crippen LogP contribution in [-0.4, -0.2) is 32.8 Å². The quantitative estimate of drug-likeness (QED) is 0.746. The summed E-state index contributed by atoms with van der Waals surface area (Å²) in [4.78, 5) is 19.1. The van der Waals surface area contributed by atoms with Crippen LogP contribution in [0.25, 0.3) is 0 Å². The Bertz CT molecular complexity index is 850. The van der Waals surface area contributed by atoms with Crippen LogP contribution >= 0.6 is 0 Å². The third-order valence-electron chi connectivity index (χ3n) is 4.71. The van der Waals surface area contributed by atoms with Crippen molar-refractivity contribution in [2.75, 3.05) is 0 Å². The van der Waals surface area contributed by atoms with E-state index in [1.807, 2.05) is 34.6 Å². The maximum Gasteiger partial charge on any atom is 0.408 e. The number of hydrogen-bond donors (Lipinski definition) is 1. The maximum atomic E-state index is 12.1. The molecule has 1 N–H and O–H groups in total. The molecule has 0 radical (unpaired) electrons. The molecule has 1 aliphatic carbocycles. The van der Waals surface area contributed by atoms with Crippen molar-refractivity contribution < 1.29 is 14.1 Å². The summed E-state index contributed by atoms with van der Waals surface area (Å²) in [6, 6.07) is 9.11. The van der Waals surface area contributed by atoms with E-state index in [0.29, 0.717) is 24.3 Å². The summed E-state index contributed by atoms with van der Waals surface area (Å²) >= 11 is 0. The predicted molar refractivity (Wildman–Crippen MR) is 110 cm³/mol. The number of carbonyl (C=O) groups excluding carboxylic acids is 1. The first-order valence-electron chi connectivity index (χ1n) is 10.2. The van der Waals surface area contributed by atoms with E-state index in [4.69, 9.17) is 9.26 Å². The Balaban J connectivity index is 1.65. The van der Waals surface area contributed by atoms with E-state index in [1.165, 1.54) is 24.0 Å². The third-order valence-corrected chi connectivity index (χ3v) is 4.71. The SMILES string of the molecule is Cc1cccc(CN(Cc2nc(C(C)(C)NC(=O)OC(C)(C)C)no2)C2CC2)c1. The van der Waals surface area contributed by atoms with Crippen LogP contribution in [-0.2, 0) is 23.4 Å². The van der Waals surface area contributed by atoms with E-state index in [9.17, 15) is 4.79 Å². The van der Waals surface area contributed by atoms with Crippen LogP contribution in [0.2, 0.25) is 0 Å². The van der Waals surface area contributed by atoms with Crippen molar-refractivity contribution in [2.24, 2.45) is 0 Å². The van der Waals surface area contributed by atoms with Gasteiger partial charge in [-0.15, -0.1) is 0 Å². The van der Waals surface area contributed by atoms with Gasteiger partial charge in [-0.3, -0.25) is 4.90 Å². The Morgan fingerprint density at radius 3 is 2.59 bits per heavy atom. The molecule has 1 aromatic heterocycles. The minimum absolute atomic E-state index is 0.435. The van der Waals surface area contributed by atoms with E-state index >= 15 is 0 Å². The molecule has 1 amide bonds. The number of ether oxygens (including phenoxy) is 1. The van der Waals surface area contributed by atoms with Gasteiger partial charge in [0, 0.05) is 12.6 Å². The fourth-order valence-electron chi connectivity index (χ4n) is 3.16. The minimum Gasteiger partial charge on any atom is -0.444 e. The zero-order valence-electron chi connectivity index (χ0n) is 18.3. The number of aromatic nitrogens is 2. The lowest BCUT2D eigenvalue weighted by atomic mass is 10.1. The third kappa shape index (κ3) is 6.29. The fraction of sp³-hybridized carbons (Fsp3) is 0.591. The summed E-state index contributed by atoms with van der Waals surface area (Å²) in [5, 5.41) is 6.93. The molecule has 1 aromatic carbocycles. The van der Waals surface area contributed by atoms with Gasteiger partial charge < -0.3 is 14.6 Å². The predicted octanol–water partition coefficient (Wildman–Crippen LogP) is 4.30. The smallest absolute Gasteiger partial charge is 0.408 e. The molecule has 0 saturated heterocycles. The summed E-state index contributed by atoms with van der Waals surface area (Å²) in [7, 11) is 0. The Morgan fingerprint density at radius 2 is 1.97 bits per heavy atom. The number of benzene rings is 1. The Kier molecular flexibility index (Phi) is 5.98. The highest BCUT2D eigenvalue weighted by Crippen LogP contribution is 2.30. The molecule has 1 fully saturated rings. The Morgan fingerprint density at radius 1 is 1.24 bits per heavy atom. The van der Waals surface area contributed by atoms with Crippen LogP contribution in [0.5, 0.6) is 0 Å². The van der Waals surface area contributed by atoms with E-state index in [1.54, 1.807) is 0 Å². The van der Waals surface area contributed by atoms with Gasteiger partial charge in [0.25, 0.3) is 0 Å². The van der Waals surface area contributed by atoms with Gasteiger partial charge in [-0.05, 0) is 59.9 Å². The highest BCUT2D eigenvalue weighted by Gasteiger charge is 2.33. The standard InChI is InChI=1S/C22H32N4O3/c1-15-8-7-9-16(12-15)13-26(17-10-11-17)14-18-23-19(25-29-18)22(5,6)24-20(27)28-21(2,3)4/h7-9,12,17H,10-11,13-14H2,1-6H3,(H,24,27). The summed E-state index contributed by atoms with van der Waals surface area (Å²) in [6.45, 7) is 12.7. The summed E-state index contributed by atoms with van der Waals surface area (Å²) in [5.74, 6) is 0.989. The van der Waals surface area contributed by atoms with Gasteiger partial charge in [0.1, 0.15) is 11.1 Å². The molecule has 2 aromatic rings. The molecule has 0 spiro atoms. The number of rotatable bonds is 7. The average molecular weight is 401 g/mol. The van der Waals surface area contributed by atoms with Crippen molar-refractivity contribution in [2.45, 2.75) is 84.7 Å². The second-order valence-corrected chi connectivity index (χ2v) is 9.39. The molecule has 0 bridgehead atoms. The number of carbonyl (C=O) groups is 1. The van der Waals surface area contributed by atoms with Gasteiger partial charge in [-0.2, -0.15) is 4.98 Å². The second kappa shape index (κ2) is 8.14. The molecule has 1 saturated carbocycles. The van der Waals surface area contributed by atoms with Crippen molar-refractivity contribution in [3.63, 3.8) is 0 Å². The first-order valence-corrected chi connectivity index (χ1v) is 10.2. The molecule has 0 atom stereocenters. The zero-order chi connectivity index (χ0) is 21.2.